The van der Waals surface area contributed by atoms with Gasteiger partial charge in [-0.05, 0) is 63.7 Å². The van der Waals surface area contributed by atoms with E-state index < -0.39 is 0 Å². The first-order valence-electron chi connectivity index (χ1n) is 7.82. The second-order valence-corrected chi connectivity index (χ2v) is 6.20. The zero-order valence-corrected chi connectivity index (χ0v) is 12.2. The number of nitrogens with zero attached hydrogens (tertiary/aromatic N) is 2. The molecular formula is C16H24FN3. The molecule has 0 amide bonds. The van der Waals surface area contributed by atoms with E-state index in [4.69, 9.17) is 0 Å². The zero-order valence-electron chi connectivity index (χ0n) is 12.2. The van der Waals surface area contributed by atoms with Gasteiger partial charge >= 0.3 is 0 Å². The summed E-state index contributed by atoms with van der Waals surface area (Å²) in [5, 5.41) is 3.43. The first-order chi connectivity index (χ1) is 9.74. The quantitative estimate of drug-likeness (QED) is 0.897. The van der Waals surface area contributed by atoms with Gasteiger partial charge in [-0.1, -0.05) is 0 Å². The molecule has 2 heterocycles. The van der Waals surface area contributed by atoms with Crippen molar-refractivity contribution in [2.45, 2.75) is 44.7 Å². The van der Waals surface area contributed by atoms with Crippen molar-refractivity contribution in [3.8, 4) is 0 Å². The average Bonchev–Trinajstić information content (AvgIpc) is 3.30. The van der Waals surface area contributed by atoms with E-state index in [0.717, 1.165) is 31.2 Å². The average molecular weight is 277 g/mol. The van der Waals surface area contributed by atoms with Crippen molar-refractivity contribution in [2.24, 2.45) is 5.92 Å². The van der Waals surface area contributed by atoms with E-state index in [-0.39, 0.29) is 11.9 Å². The van der Waals surface area contributed by atoms with Gasteiger partial charge in [-0.3, -0.25) is 9.88 Å². The monoisotopic (exact) mass is 277 g/mol. The van der Waals surface area contributed by atoms with Crippen LogP contribution < -0.4 is 5.32 Å². The number of halogens is 1. The molecule has 0 aromatic carbocycles. The predicted molar refractivity (Wildman–Crippen MR) is 77.9 cm³/mol. The Bertz CT molecular complexity index is 424. The minimum Gasteiger partial charge on any atom is -0.317 e. The molecule has 0 spiro atoms. The topological polar surface area (TPSA) is 28.2 Å². The minimum atomic E-state index is -0.253. The Kier molecular flexibility index (Phi) is 4.32. The Balaban J connectivity index is 1.67. The van der Waals surface area contributed by atoms with Crippen molar-refractivity contribution in [3.63, 3.8) is 0 Å². The van der Waals surface area contributed by atoms with E-state index in [1.54, 1.807) is 0 Å². The summed E-state index contributed by atoms with van der Waals surface area (Å²) >= 11 is 0. The van der Waals surface area contributed by atoms with Gasteiger partial charge in [0.05, 0.1) is 11.9 Å². The van der Waals surface area contributed by atoms with Crippen LogP contribution in [0.15, 0.2) is 18.3 Å². The number of aromatic nitrogens is 1. The summed E-state index contributed by atoms with van der Waals surface area (Å²) in [6.45, 7) is 5.66. The molecule has 3 rings (SSSR count). The van der Waals surface area contributed by atoms with Gasteiger partial charge < -0.3 is 5.32 Å². The summed E-state index contributed by atoms with van der Waals surface area (Å²) in [7, 11) is 0. The van der Waals surface area contributed by atoms with Gasteiger partial charge in [0.25, 0.3) is 0 Å². The first-order valence-corrected chi connectivity index (χ1v) is 7.82. The van der Waals surface area contributed by atoms with Crippen molar-refractivity contribution in [2.75, 3.05) is 19.6 Å². The molecule has 1 aromatic rings. The maximum absolute atomic E-state index is 13.0. The van der Waals surface area contributed by atoms with Crippen LogP contribution in [0.25, 0.3) is 0 Å². The Morgan fingerprint density at radius 1 is 1.30 bits per heavy atom. The van der Waals surface area contributed by atoms with Crippen LogP contribution in [0.2, 0.25) is 0 Å². The lowest BCUT2D eigenvalue weighted by Crippen LogP contribution is -2.38. The molecular weight excluding hydrogens is 253 g/mol. The van der Waals surface area contributed by atoms with Gasteiger partial charge in [0.1, 0.15) is 5.82 Å². The molecule has 110 valence electrons. The first kappa shape index (κ1) is 14.0. The van der Waals surface area contributed by atoms with E-state index in [0.29, 0.717) is 6.04 Å². The van der Waals surface area contributed by atoms with Crippen LogP contribution in [0, 0.1) is 11.7 Å². The maximum atomic E-state index is 13.0. The summed E-state index contributed by atoms with van der Waals surface area (Å²) in [5.74, 6) is 0.539. The molecule has 0 radical (unpaired) electrons. The number of pyridine rings is 1. The summed E-state index contributed by atoms with van der Waals surface area (Å²) in [6.07, 6.45) is 6.48. The number of piperidine rings is 1. The van der Waals surface area contributed by atoms with Crippen molar-refractivity contribution >= 4 is 0 Å². The number of nitrogens with one attached hydrogen (secondary N) is 1. The highest BCUT2D eigenvalue weighted by Gasteiger charge is 2.34. The second kappa shape index (κ2) is 6.19. The van der Waals surface area contributed by atoms with Gasteiger partial charge in [0.2, 0.25) is 0 Å². The van der Waals surface area contributed by atoms with Crippen LogP contribution in [0.5, 0.6) is 0 Å². The van der Waals surface area contributed by atoms with E-state index in [1.165, 1.54) is 37.9 Å². The predicted octanol–water partition coefficient (Wildman–Crippen LogP) is 2.75. The summed E-state index contributed by atoms with van der Waals surface area (Å²) in [4.78, 5) is 6.87. The molecule has 1 aliphatic carbocycles. The Morgan fingerprint density at radius 2 is 2.05 bits per heavy atom. The Hall–Kier alpha value is -1.00. The molecule has 2 aliphatic rings. The van der Waals surface area contributed by atoms with Crippen molar-refractivity contribution in [1.82, 2.24) is 15.2 Å². The van der Waals surface area contributed by atoms with Gasteiger partial charge in [0.15, 0.2) is 0 Å². The lowest BCUT2D eigenvalue weighted by Gasteiger charge is -2.34. The minimum absolute atomic E-state index is 0.253. The smallest absolute Gasteiger partial charge is 0.141 e. The Morgan fingerprint density at radius 3 is 2.65 bits per heavy atom. The summed E-state index contributed by atoms with van der Waals surface area (Å²) in [5.41, 5.74) is 0.993. The lowest BCUT2D eigenvalue weighted by atomic mass is 9.96. The van der Waals surface area contributed by atoms with E-state index in [2.05, 4.69) is 22.1 Å². The third-order valence-corrected chi connectivity index (χ3v) is 4.62. The maximum Gasteiger partial charge on any atom is 0.141 e. The number of rotatable bonds is 5. The summed E-state index contributed by atoms with van der Waals surface area (Å²) in [6, 6.07) is 4.36. The highest BCUT2D eigenvalue weighted by Crippen LogP contribution is 2.35. The molecule has 1 saturated carbocycles. The van der Waals surface area contributed by atoms with E-state index in [9.17, 15) is 4.39 Å². The second-order valence-electron chi connectivity index (χ2n) is 6.20. The van der Waals surface area contributed by atoms with Crippen molar-refractivity contribution in [1.29, 1.82) is 0 Å². The molecule has 0 bridgehead atoms. The van der Waals surface area contributed by atoms with Crippen LogP contribution in [0.1, 0.15) is 44.3 Å². The van der Waals surface area contributed by atoms with Gasteiger partial charge in [-0.25, -0.2) is 4.39 Å². The lowest BCUT2D eigenvalue weighted by molar-refractivity contribution is 0.149. The van der Waals surface area contributed by atoms with Crippen LogP contribution in [-0.2, 0) is 0 Å². The highest BCUT2D eigenvalue weighted by molar-refractivity contribution is 5.10. The van der Waals surface area contributed by atoms with Crippen LogP contribution in [0.4, 0.5) is 4.39 Å². The molecule has 20 heavy (non-hydrogen) atoms. The SMILES string of the molecule is CC(c1ccc(F)cn1)N(CC1CCNCC1)C1CC1. The molecule has 2 fully saturated rings. The number of hydrogen-bond donors (Lipinski definition) is 1. The van der Waals surface area contributed by atoms with Gasteiger partial charge in [-0.15, -0.1) is 0 Å². The summed E-state index contributed by atoms with van der Waals surface area (Å²) < 4.78 is 13.0. The normalized spacial score (nSPS) is 22.1. The largest absolute Gasteiger partial charge is 0.317 e. The molecule has 4 heteroatoms. The molecule has 3 nitrogen and oxygen atoms in total. The van der Waals surface area contributed by atoms with Crippen molar-refractivity contribution < 1.29 is 4.39 Å². The number of hydrogen-bond acceptors (Lipinski definition) is 3. The zero-order chi connectivity index (χ0) is 13.9. The molecule has 1 saturated heterocycles. The van der Waals surface area contributed by atoms with Crippen LogP contribution in [-0.4, -0.2) is 35.6 Å². The van der Waals surface area contributed by atoms with Crippen molar-refractivity contribution in [3.05, 3.63) is 29.8 Å². The molecule has 1 aliphatic heterocycles. The standard InChI is InChI=1S/C16H24FN3/c1-12(16-5-2-14(17)10-19-16)20(15-3-4-15)11-13-6-8-18-9-7-13/h2,5,10,12-13,15,18H,3-4,6-9,11H2,1H3. The third kappa shape index (κ3) is 3.36. The van der Waals surface area contributed by atoms with Crippen LogP contribution >= 0.6 is 0 Å². The fraction of sp³-hybridized carbons (Fsp3) is 0.688. The van der Waals surface area contributed by atoms with E-state index in [1.807, 2.05) is 6.07 Å². The molecule has 1 unspecified atom stereocenters. The fourth-order valence-corrected chi connectivity index (χ4v) is 3.20. The molecule has 1 aromatic heterocycles. The van der Waals surface area contributed by atoms with Gasteiger partial charge in [-0.2, -0.15) is 0 Å². The fourth-order valence-electron chi connectivity index (χ4n) is 3.20. The van der Waals surface area contributed by atoms with Crippen LogP contribution in [0.3, 0.4) is 0 Å². The Labute approximate surface area is 120 Å². The third-order valence-electron chi connectivity index (χ3n) is 4.62. The highest BCUT2D eigenvalue weighted by atomic mass is 19.1. The molecule has 1 N–H and O–H groups in total. The van der Waals surface area contributed by atoms with E-state index >= 15 is 0 Å². The van der Waals surface area contributed by atoms with Gasteiger partial charge in [0, 0.05) is 18.6 Å². The molecule has 1 atom stereocenters.